The van der Waals surface area contributed by atoms with Gasteiger partial charge in [-0.05, 0) is 25.5 Å². The van der Waals surface area contributed by atoms with Crippen LogP contribution in [-0.4, -0.2) is 58.6 Å². The van der Waals surface area contributed by atoms with Crippen LogP contribution in [0.5, 0.6) is 0 Å². The van der Waals surface area contributed by atoms with Crippen molar-refractivity contribution in [1.29, 1.82) is 0 Å². The van der Waals surface area contributed by atoms with Crippen LogP contribution in [-0.2, 0) is 9.59 Å². The van der Waals surface area contributed by atoms with Crippen LogP contribution in [0.2, 0.25) is 5.02 Å². The number of carbonyl (C=O) groups is 2. The molecule has 0 unspecified atom stereocenters. The lowest BCUT2D eigenvalue weighted by Gasteiger charge is -2.25. The SMILES string of the molecule is C[C@@]1(NCC(=O)O)CCN(CC(=O)Nc2ccc(Cl)cn2)C1. The molecule has 1 fully saturated rings. The van der Waals surface area contributed by atoms with E-state index in [2.05, 4.69) is 15.6 Å². The molecule has 8 heteroatoms. The Morgan fingerprint density at radius 1 is 1.50 bits per heavy atom. The number of likely N-dealkylation sites (tertiary alicyclic amines) is 1. The minimum absolute atomic E-state index is 0.0781. The molecule has 1 atom stereocenters. The summed E-state index contributed by atoms with van der Waals surface area (Å²) in [6.45, 7) is 3.50. The number of carboxylic acid groups (broad SMARTS) is 1. The minimum Gasteiger partial charge on any atom is -0.480 e. The highest BCUT2D eigenvalue weighted by molar-refractivity contribution is 6.30. The monoisotopic (exact) mass is 326 g/mol. The Labute approximate surface area is 133 Å². The summed E-state index contributed by atoms with van der Waals surface area (Å²) in [4.78, 5) is 28.6. The molecular weight excluding hydrogens is 308 g/mol. The third-order valence-electron chi connectivity index (χ3n) is 3.58. The number of anilines is 1. The predicted octanol–water partition coefficient (Wildman–Crippen LogP) is 0.812. The van der Waals surface area contributed by atoms with Gasteiger partial charge in [0.05, 0.1) is 18.1 Å². The van der Waals surface area contributed by atoms with Gasteiger partial charge in [0.15, 0.2) is 0 Å². The molecule has 1 aromatic heterocycles. The van der Waals surface area contributed by atoms with E-state index in [1.807, 2.05) is 11.8 Å². The molecule has 0 radical (unpaired) electrons. The van der Waals surface area contributed by atoms with E-state index >= 15 is 0 Å². The van der Waals surface area contributed by atoms with E-state index in [1.54, 1.807) is 12.1 Å². The second-order valence-corrected chi connectivity index (χ2v) is 6.11. The molecule has 0 saturated carbocycles. The van der Waals surface area contributed by atoms with Crippen LogP contribution >= 0.6 is 11.6 Å². The number of carboxylic acids is 1. The largest absolute Gasteiger partial charge is 0.480 e. The van der Waals surface area contributed by atoms with Crippen LogP contribution in [0.25, 0.3) is 0 Å². The van der Waals surface area contributed by atoms with Gasteiger partial charge < -0.3 is 15.7 Å². The van der Waals surface area contributed by atoms with E-state index in [9.17, 15) is 9.59 Å². The average molecular weight is 327 g/mol. The molecule has 120 valence electrons. The Balaban J connectivity index is 1.80. The number of nitrogens with zero attached hydrogens (tertiary/aromatic N) is 2. The summed E-state index contributed by atoms with van der Waals surface area (Å²) in [6, 6.07) is 3.30. The first kappa shape index (κ1) is 16.7. The zero-order chi connectivity index (χ0) is 16.2. The Morgan fingerprint density at radius 3 is 2.91 bits per heavy atom. The van der Waals surface area contributed by atoms with Crippen molar-refractivity contribution in [3.05, 3.63) is 23.4 Å². The molecule has 0 spiro atoms. The van der Waals surface area contributed by atoms with E-state index in [4.69, 9.17) is 16.7 Å². The van der Waals surface area contributed by atoms with Crippen molar-refractivity contribution in [3.8, 4) is 0 Å². The average Bonchev–Trinajstić information content (AvgIpc) is 2.81. The topological polar surface area (TPSA) is 94.6 Å². The lowest BCUT2D eigenvalue weighted by atomic mass is 10.0. The van der Waals surface area contributed by atoms with Crippen molar-refractivity contribution < 1.29 is 14.7 Å². The summed E-state index contributed by atoms with van der Waals surface area (Å²) in [5.74, 6) is -0.580. The second-order valence-electron chi connectivity index (χ2n) is 5.68. The van der Waals surface area contributed by atoms with Gasteiger partial charge in [0.1, 0.15) is 5.82 Å². The number of carbonyl (C=O) groups excluding carboxylic acids is 1. The predicted molar refractivity (Wildman–Crippen MR) is 83.0 cm³/mol. The standard InChI is InChI=1S/C14H19ClN4O3/c1-14(17-7-13(21)22)4-5-19(9-14)8-12(20)18-11-3-2-10(15)6-16-11/h2-3,6,17H,4-5,7-9H2,1H3,(H,21,22)(H,16,18,20)/t14-/m1/s1. The fourth-order valence-electron chi connectivity index (χ4n) is 2.46. The number of amides is 1. The molecule has 3 N–H and O–H groups in total. The Kier molecular flexibility index (Phi) is 5.33. The maximum atomic E-state index is 12.0. The van der Waals surface area contributed by atoms with E-state index < -0.39 is 5.97 Å². The molecule has 1 amide bonds. The maximum Gasteiger partial charge on any atom is 0.317 e. The molecule has 1 aliphatic heterocycles. The molecule has 2 heterocycles. The number of hydrogen-bond acceptors (Lipinski definition) is 5. The van der Waals surface area contributed by atoms with Crippen molar-refractivity contribution in [3.63, 3.8) is 0 Å². The summed E-state index contributed by atoms with van der Waals surface area (Å²) in [6.07, 6.45) is 2.27. The number of hydrogen-bond donors (Lipinski definition) is 3. The third kappa shape index (κ3) is 4.94. The van der Waals surface area contributed by atoms with Gasteiger partial charge in [-0.3, -0.25) is 14.5 Å². The van der Waals surface area contributed by atoms with Crippen molar-refractivity contribution in [1.82, 2.24) is 15.2 Å². The lowest BCUT2D eigenvalue weighted by Crippen LogP contribution is -2.47. The van der Waals surface area contributed by atoms with Gasteiger partial charge in [0, 0.05) is 24.8 Å². The van der Waals surface area contributed by atoms with Gasteiger partial charge in [0.25, 0.3) is 0 Å². The van der Waals surface area contributed by atoms with Gasteiger partial charge >= 0.3 is 5.97 Å². The number of pyridine rings is 1. The molecule has 0 bridgehead atoms. The van der Waals surface area contributed by atoms with Gasteiger partial charge in [-0.25, -0.2) is 4.98 Å². The number of aromatic nitrogens is 1. The molecule has 1 saturated heterocycles. The van der Waals surface area contributed by atoms with Crippen molar-refractivity contribution in [2.24, 2.45) is 0 Å². The molecule has 1 aliphatic rings. The maximum absolute atomic E-state index is 12.0. The van der Waals surface area contributed by atoms with E-state index in [0.29, 0.717) is 17.4 Å². The number of nitrogens with one attached hydrogen (secondary N) is 2. The highest BCUT2D eigenvalue weighted by Gasteiger charge is 2.34. The van der Waals surface area contributed by atoms with Crippen LogP contribution < -0.4 is 10.6 Å². The van der Waals surface area contributed by atoms with Gasteiger partial charge in [-0.1, -0.05) is 11.6 Å². The summed E-state index contributed by atoms with van der Waals surface area (Å²) in [7, 11) is 0. The Morgan fingerprint density at radius 2 is 2.27 bits per heavy atom. The molecule has 1 aromatic rings. The summed E-state index contributed by atoms with van der Waals surface area (Å²) < 4.78 is 0. The Bertz CT molecular complexity index is 552. The quantitative estimate of drug-likeness (QED) is 0.716. The molecule has 0 aliphatic carbocycles. The molecular formula is C14H19ClN4O3. The molecule has 7 nitrogen and oxygen atoms in total. The highest BCUT2D eigenvalue weighted by atomic mass is 35.5. The van der Waals surface area contributed by atoms with Gasteiger partial charge in [0.2, 0.25) is 5.91 Å². The summed E-state index contributed by atoms with van der Waals surface area (Å²) >= 11 is 5.74. The minimum atomic E-state index is -0.883. The van der Waals surface area contributed by atoms with E-state index in [-0.39, 0.29) is 24.5 Å². The summed E-state index contributed by atoms with van der Waals surface area (Å²) in [5, 5.41) is 15.0. The van der Waals surface area contributed by atoms with Crippen molar-refractivity contribution >= 4 is 29.3 Å². The number of aliphatic carboxylic acids is 1. The molecule has 0 aromatic carbocycles. The van der Waals surface area contributed by atoms with Crippen molar-refractivity contribution in [2.45, 2.75) is 18.9 Å². The number of rotatable bonds is 6. The first-order valence-corrected chi connectivity index (χ1v) is 7.35. The number of halogens is 1. The van der Waals surface area contributed by atoms with Crippen LogP contribution in [0.15, 0.2) is 18.3 Å². The molecule has 22 heavy (non-hydrogen) atoms. The smallest absolute Gasteiger partial charge is 0.317 e. The Hall–Kier alpha value is -1.70. The van der Waals surface area contributed by atoms with Crippen molar-refractivity contribution in [2.75, 3.05) is 31.5 Å². The van der Waals surface area contributed by atoms with E-state index in [1.165, 1.54) is 6.20 Å². The first-order valence-electron chi connectivity index (χ1n) is 6.97. The van der Waals surface area contributed by atoms with Crippen LogP contribution in [0, 0.1) is 0 Å². The summed E-state index contributed by atoms with van der Waals surface area (Å²) in [5.41, 5.74) is -0.281. The fourth-order valence-corrected chi connectivity index (χ4v) is 2.57. The molecule has 2 rings (SSSR count). The van der Waals surface area contributed by atoms with Crippen LogP contribution in [0.3, 0.4) is 0 Å². The first-order chi connectivity index (χ1) is 10.4. The van der Waals surface area contributed by atoms with Gasteiger partial charge in [-0.15, -0.1) is 0 Å². The zero-order valence-electron chi connectivity index (χ0n) is 12.3. The fraction of sp³-hybridized carbons (Fsp3) is 0.500. The second kappa shape index (κ2) is 7.04. The van der Waals surface area contributed by atoms with Crippen LogP contribution in [0.4, 0.5) is 5.82 Å². The lowest BCUT2D eigenvalue weighted by molar-refractivity contribution is -0.136. The highest BCUT2D eigenvalue weighted by Crippen LogP contribution is 2.20. The third-order valence-corrected chi connectivity index (χ3v) is 3.80. The zero-order valence-corrected chi connectivity index (χ0v) is 13.1. The van der Waals surface area contributed by atoms with Crippen LogP contribution in [0.1, 0.15) is 13.3 Å². The van der Waals surface area contributed by atoms with E-state index in [0.717, 1.165) is 13.0 Å². The normalized spacial score (nSPS) is 21.7. The van der Waals surface area contributed by atoms with Gasteiger partial charge in [-0.2, -0.15) is 0 Å².